The van der Waals surface area contributed by atoms with E-state index >= 15 is 0 Å². The van der Waals surface area contributed by atoms with E-state index in [0.717, 1.165) is 5.56 Å². The van der Waals surface area contributed by atoms with Crippen LogP contribution in [0.25, 0.3) is 0 Å². The lowest BCUT2D eigenvalue weighted by molar-refractivity contribution is 0.106. The number of ketones is 1. The summed E-state index contributed by atoms with van der Waals surface area (Å²) in [5, 5.41) is 4.09. The van der Waals surface area contributed by atoms with Crippen LogP contribution in [-0.4, -0.2) is 18.5 Å². The van der Waals surface area contributed by atoms with Crippen molar-refractivity contribution in [2.75, 3.05) is 7.05 Å². The summed E-state index contributed by atoms with van der Waals surface area (Å²) in [7, 11) is 1.68. The minimum atomic E-state index is -0.0869. The maximum Gasteiger partial charge on any atom is 0.213 e. The smallest absolute Gasteiger partial charge is 0.213 e. The first kappa shape index (κ1) is 12.0. The molecular weight excluding hydrogens is 224 g/mol. The molecule has 18 heavy (non-hydrogen) atoms. The zero-order chi connectivity index (χ0) is 12.8. The number of hydrazone groups is 1. The van der Waals surface area contributed by atoms with Crippen molar-refractivity contribution in [1.82, 2.24) is 5.43 Å². The second-order valence-electron chi connectivity index (χ2n) is 3.75. The third kappa shape index (κ3) is 2.63. The van der Waals surface area contributed by atoms with E-state index in [2.05, 4.69) is 10.5 Å². The highest BCUT2D eigenvalue weighted by Crippen LogP contribution is 2.08. The molecule has 0 bridgehead atoms. The number of hydrogen-bond acceptors (Lipinski definition) is 3. The highest BCUT2D eigenvalue weighted by atomic mass is 16.1. The summed E-state index contributed by atoms with van der Waals surface area (Å²) in [4.78, 5) is 12.4. The average Bonchev–Trinajstić information content (AvgIpc) is 2.46. The summed E-state index contributed by atoms with van der Waals surface area (Å²) in [6, 6.07) is 18.6. The molecule has 0 fully saturated rings. The molecule has 0 spiro atoms. The normalized spacial score (nSPS) is 11.1. The van der Waals surface area contributed by atoms with Gasteiger partial charge in [0.1, 0.15) is 5.71 Å². The van der Waals surface area contributed by atoms with Crippen LogP contribution in [0.3, 0.4) is 0 Å². The molecule has 0 unspecified atom stereocenters. The molecule has 0 amide bonds. The third-order valence-electron chi connectivity index (χ3n) is 2.52. The monoisotopic (exact) mass is 238 g/mol. The van der Waals surface area contributed by atoms with E-state index < -0.39 is 0 Å². The molecule has 0 radical (unpaired) electrons. The van der Waals surface area contributed by atoms with Crippen molar-refractivity contribution in [2.24, 2.45) is 5.10 Å². The SMILES string of the molecule is CN/N=C(\C(=O)c1ccccc1)c1ccccc1. The predicted octanol–water partition coefficient (Wildman–Crippen LogP) is 2.49. The van der Waals surface area contributed by atoms with Gasteiger partial charge in [0.05, 0.1) is 0 Å². The Labute approximate surface area is 106 Å². The van der Waals surface area contributed by atoms with Gasteiger partial charge in [0, 0.05) is 18.2 Å². The molecule has 3 heteroatoms. The van der Waals surface area contributed by atoms with Gasteiger partial charge in [-0.05, 0) is 0 Å². The molecule has 0 heterocycles. The lowest BCUT2D eigenvalue weighted by Crippen LogP contribution is -2.18. The first-order valence-electron chi connectivity index (χ1n) is 5.72. The van der Waals surface area contributed by atoms with E-state index in [1.165, 1.54) is 0 Å². The van der Waals surface area contributed by atoms with Crippen LogP contribution in [0.15, 0.2) is 65.8 Å². The predicted molar refractivity (Wildman–Crippen MR) is 72.8 cm³/mol. The molecule has 0 aliphatic rings. The van der Waals surface area contributed by atoms with E-state index in [1.54, 1.807) is 19.2 Å². The van der Waals surface area contributed by atoms with Gasteiger partial charge in [0.25, 0.3) is 0 Å². The lowest BCUT2D eigenvalue weighted by Gasteiger charge is -2.05. The van der Waals surface area contributed by atoms with Crippen LogP contribution in [0, 0.1) is 0 Å². The molecule has 2 aromatic carbocycles. The van der Waals surface area contributed by atoms with Crippen LogP contribution in [0.4, 0.5) is 0 Å². The molecule has 2 aromatic rings. The Balaban J connectivity index is 2.39. The fourth-order valence-corrected chi connectivity index (χ4v) is 1.68. The Kier molecular flexibility index (Phi) is 3.86. The second kappa shape index (κ2) is 5.77. The van der Waals surface area contributed by atoms with Gasteiger partial charge in [-0.15, -0.1) is 0 Å². The van der Waals surface area contributed by atoms with Crippen molar-refractivity contribution >= 4 is 11.5 Å². The standard InChI is InChI=1S/C15H14N2O/c1-16-17-14(12-8-4-2-5-9-12)15(18)13-10-6-3-7-11-13/h2-11,16H,1H3/b17-14-. The Morgan fingerprint density at radius 3 is 1.89 bits per heavy atom. The molecular formula is C15H14N2O. The van der Waals surface area contributed by atoms with Gasteiger partial charge in [-0.3, -0.25) is 4.79 Å². The molecule has 0 aromatic heterocycles. The van der Waals surface area contributed by atoms with Crippen LogP contribution in [0.1, 0.15) is 15.9 Å². The van der Waals surface area contributed by atoms with Gasteiger partial charge in [-0.25, -0.2) is 0 Å². The van der Waals surface area contributed by atoms with Crippen LogP contribution >= 0.6 is 0 Å². The summed E-state index contributed by atoms with van der Waals surface area (Å²) >= 11 is 0. The van der Waals surface area contributed by atoms with Gasteiger partial charge in [-0.1, -0.05) is 60.7 Å². The molecule has 90 valence electrons. The maximum absolute atomic E-state index is 12.4. The minimum absolute atomic E-state index is 0.0869. The highest BCUT2D eigenvalue weighted by molar-refractivity contribution is 6.51. The molecule has 1 N–H and O–H groups in total. The van der Waals surface area contributed by atoms with Crippen molar-refractivity contribution in [3.8, 4) is 0 Å². The number of hydrogen-bond donors (Lipinski definition) is 1. The first-order chi connectivity index (χ1) is 8.83. The highest BCUT2D eigenvalue weighted by Gasteiger charge is 2.15. The second-order valence-corrected chi connectivity index (χ2v) is 3.75. The fourth-order valence-electron chi connectivity index (χ4n) is 1.68. The average molecular weight is 238 g/mol. The molecule has 0 saturated heterocycles. The largest absolute Gasteiger partial charge is 0.312 e. The summed E-state index contributed by atoms with van der Waals surface area (Å²) < 4.78 is 0. The Bertz CT molecular complexity index is 547. The van der Waals surface area contributed by atoms with Crippen molar-refractivity contribution in [1.29, 1.82) is 0 Å². The van der Waals surface area contributed by atoms with Crippen LogP contribution in [0.2, 0.25) is 0 Å². The number of carbonyl (C=O) groups excluding carboxylic acids is 1. The van der Waals surface area contributed by atoms with Gasteiger partial charge < -0.3 is 5.43 Å². The van der Waals surface area contributed by atoms with Gasteiger partial charge >= 0.3 is 0 Å². The number of benzene rings is 2. The van der Waals surface area contributed by atoms with E-state index in [-0.39, 0.29) is 5.78 Å². The zero-order valence-corrected chi connectivity index (χ0v) is 10.1. The molecule has 0 aliphatic carbocycles. The van der Waals surface area contributed by atoms with Gasteiger partial charge in [0.2, 0.25) is 5.78 Å². The third-order valence-corrected chi connectivity index (χ3v) is 2.52. The Morgan fingerprint density at radius 2 is 1.39 bits per heavy atom. The summed E-state index contributed by atoms with van der Waals surface area (Å²) in [5.41, 5.74) is 4.55. The first-order valence-corrected chi connectivity index (χ1v) is 5.72. The summed E-state index contributed by atoms with van der Waals surface area (Å²) in [5.74, 6) is -0.0869. The summed E-state index contributed by atoms with van der Waals surface area (Å²) in [6.07, 6.45) is 0. The topological polar surface area (TPSA) is 41.5 Å². The van der Waals surface area contributed by atoms with Crippen LogP contribution in [0.5, 0.6) is 0 Å². The molecule has 3 nitrogen and oxygen atoms in total. The van der Waals surface area contributed by atoms with E-state index in [0.29, 0.717) is 11.3 Å². The summed E-state index contributed by atoms with van der Waals surface area (Å²) in [6.45, 7) is 0. The molecule has 0 aliphatic heterocycles. The number of rotatable bonds is 4. The fraction of sp³-hybridized carbons (Fsp3) is 0.0667. The van der Waals surface area contributed by atoms with Crippen molar-refractivity contribution in [3.63, 3.8) is 0 Å². The lowest BCUT2D eigenvalue weighted by atomic mass is 10.0. The molecule has 0 atom stereocenters. The molecule has 2 rings (SSSR count). The van der Waals surface area contributed by atoms with Crippen LogP contribution < -0.4 is 5.43 Å². The van der Waals surface area contributed by atoms with Crippen LogP contribution in [-0.2, 0) is 0 Å². The van der Waals surface area contributed by atoms with Gasteiger partial charge in [-0.2, -0.15) is 5.10 Å². The molecule has 0 saturated carbocycles. The number of nitrogens with zero attached hydrogens (tertiary/aromatic N) is 1. The number of nitrogens with one attached hydrogen (secondary N) is 1. The number of carbonyl (C=O) groups is 1. The zero-order valence-electron chi connectivity index (χ0n) is 10.1. The van der Waals surface area contributed by atoms with E-state index in [4.69, 9.17) is 0 Å². The van der Waals surface area contributed by atoms with E-state index in [1.807, 2.05) is 48.5 Å². The van der Waals surface area contributed by atoms with E-state index in [9.17, 15) is 4.79 Å². The quantitative estimate of drug-likeness (QED) is 0.505. The van der Waals surface area contributed by atoms with Crippen molar-refractivity contribution < 1.29 is 4.79 Å². The minimum Gasteiger partial charge on any atom is -0.312 e. The number of Topliss-reactive ketones (excluding diaryl/α,β-unsaturated/α-hetero) is 1. The van der Waals surface area contributed by atoms with Crippen molar-refractivity contribution in [2.45, 2.75) is 0 Å². The Hall–Kier alpha value is -2.42. The van der Waals surface area contributed by atoms with Gasteiger partial charge in [0.15, 0.2) is 0 Å². The maximum atomic E-state index is 12.4. The van der Waals surface area contributed by atoms with Crippen molar-refractivity contribution in [3.05, 3.63) is 71.8 Å². The Morgan fingerprint density at radius 1 is 0.889 bits per heavy atom.